The molecule has 1 aliphatic heterocycles. The van der Waals surface area contributed by atoms with Gasteiger partial charge < -0.3 is 19.7 Å². The number of nitrogens with zero attached hydrogens (tertiary/aromatic N) is 1. The summed E-state index contributed by atoms with van der Waals surface area (Å²) in [6, 6.07) is 48.3. The first kappa shape index (κ1) is 29.7. The zero-order valence-electron chi connectivity index (χ0n) is 24.8. The van der Waals surface area contributed by atoms with E-state index < -0.39 is 23.8 Å². The van der Waals surface area contributed by atoms with Crippen molar-refractivity contribution in [3.8, 4) is 0 Å². The van der Waals surface area contributed by atoms with Crippen molar-refractivity contribution in [1.82, 2.24) is 10.2 Å². The topological polar surface area (TPSA) is 79.9 Å². The van der Waals surface area contributed by atoms with E-state index in [4.69, 9.17) is 9.47 Å². The first-order chi connectivity index (χ1) is 22.1. The Morgan fingerprint density at radius 2 is 1.20 bits per heavy atom. The Balaban J connectivity index is 1.33. The van der Waals surface area contributed by atoms with Crippen LogP contribution in [0.3, 0.4) is 0 Å². The molecule has 1 aliphatic rings. The standard InChI is InChI=1S/C38H35N3O4/c42-36-40-34(27-41(36)26-29-16-6-1-7-17-29)35(45-37(43)39-33-24-14-5-15-25-33)28-44-38(30-18-8-2-9-19-30,31-20-10-3-11-21-31)32-22-12-4-13-23-32/h1-25,34-35H,26-28H2,(H,39,43)(H,40,42)/t34-,35-/m1/s1. The molecule has 45 heavy (non-hydrogen) atoms. The Kier molecular flexibility index (Phi) is 9.18. The molecular formula is C38H35N3O4. The van der Waals surface area contributed by atoms with Crippen molar-refractivity contribution in [2.75, 3.05) is 18.5 Å². The highest BCUT2D eigenvalue weighted by atomic mass is 16.6. The van der Waals surface area contributed by atoms with Gasteiger partial charge in [0.2, 0.25) is 0 Å². The van der Waals surface area contributed by atoms with Gasteiger partial charge in [0.15, 0.2) is 0 Å². The average Bonchev–Trinajstić information content (AvgIpc) is 3.46. The van der Waals surface area contributed by atoms with Gasteiger partial charge in [0.25, 0.3) is 0 Å². The number of benzene rings is 5. The number of urea groups is 1. The molecule has 0 radical (unpaired) electrons. The van der Waals surface area contributed by atoms with Crippen molar-refractivity contribution < 1.29 is 19.1 Å². The van der Waals surface area contributed by atoms with Crippen molar-refractivity contribution >= 4 is 17.8 Å². The van der Waals surface area contributed by atoms with E-state index in [-0.39, 0.29) is 12.6 Å². The Hall–Kier alpha value is -5.40. The van der Waals surface area contributed by atoms with Gasteiger partial charge in [-0.3, -0.25) is 5.32 Å². The summed E-state index contributed by atoms with van der Waals surface area (Å²) in [6.07, 6.45) is -1.44. The molecular weight excluding hydrogens is 562 g/mol. The van der Waals surface area contributed by atoms with Crippen LogP contribution in [0.25, 0.3) is 0 Å². The molecule has 0 unspecified atom stereocenters. The van der Waals surface area contributed by atoms with Crippen LogP contribution in [-0.2, 0) is 21.6 Å². The van der Waals surface area contributed by atoms with Crippen molar-refractivity contribution in [2.45, 2.75) is 24.3 Å². The number of rotatable bonds is 11. The van der Waals surface area contributed by atoms with Gasteiger partial charge >= 0.3 is 12.1 Å². The highest BCUT2D eigenvalue weighted by molar-refractivity contribution is 5.84. The van der Waals surface area contributed by atoms with E-state index >= 15 is 0 Å². The quantitative estimate of drug-likeness (QED) is 0.158. The Bertz CT molecular complexity index is 1570. The molecule has 7 nitrogen and oxygen atoms in total. The van der Waals surface area contributed by atoms with Crippen molar-refractivity contribution in [1.29, 1.82) is 0 Å². The van der Waals surface area contributed by atoms with Crippen molar-refractivity contribution in [3.63, 3.8) is 0 Å². The molecule has 226 valence electrons. The molecule has 1 fully saturated rings. The lowest BCUT2D eigenvalue weighted by Crippen LogP contribution is -2.46. The zero-order chi connectivity index (χ0) is 30.9. The molecule has 3 amide bonds. The molecule has 0 aromatic heterocycles. The number of amides is 3. The summed E-state index contributed by atoms with van der Waals surface area (Å²) < 4.78 is 13.1. The van der Waals surface area contributed by atoms with Gasteiger partial charge in [-0.2, -0.15) is 0 Å². The van der Waals surface area contributed by atoms with Crippen molar-refractivity contribution in [3.05, 3.63) is 174 Å². The largest absolute Gasteiger partial charge is 0.441 e. The molecule has 1 heterocycles. The minimum Gasteiger partial charge on any atom is -0.441 e. The molecule has 0 bridgehead atoms. The zero-order valence-corrected chi connectivity index (χ0v) is 24.8. The van der Waals surface area contributed by atoms with Gasteiger partial charge in [-0.15, -0.1) is 0 Å². The van der Waals surface area contributed by atoms with Crippen LogP contribution in [0.4, 0.5) is 15.3 Å². The summed E-state index contributed by atoms with van der Waals surface area (Å²) in [7, 11) is 0. The SMILES string of the molecule is O=C(Nc1ccccc1)O[C@H](COC(c1ccccc1)(c1ccccc1)c1ccccc1)[C@H]1CN(Cc2ccccc2)C(=O)N1. The van der Waals surface area contributed by atoms with Crippen LogP contribution in [0.2, 0.25) is 0 Å². The highest BCUT2D eigenvalue weighted by Crippen LogP contribution is 2.40. The second-order valence-electron chi connectivity index (χ2n) is 10.9. The monoisotopic (exact) mass is 597 g/mol. The van der Waals surface area contributed by atoms with E-state index in [2.05, 4.69) is 10.6 Å². The third-order valence-corrected chi connectivity index (χ3v) is 7.96. The van der Waals surface area contributed by atoms with Gasteiger partial charge in [-0.1, -0.05) is 140 Å². The maximum Gasteiger partial charge on any atom is 0.412 e. The lowest BCUT2D eigenvalue weighted by molar-refractivity contribution is -0.0487. The summed E-state index contributed by atoms with van der Waals surface area (Å²) >= 11 is 0. The highest BCUT2D eigenvalue weighted by Gasteiger charge is 2.42. The first-order valence-electron chi connectivity index (χ1n) is 15.0. The van der Waals surface area contributed by atoms with E-state index in [1.165, 1.54) is 0 Å². The molecule has 7 heteroatoms. The predicted octanol–water partition coefficient (Wildman–Crippen LogP) is 7.21. The minimum absolute atomic E-state index is 0.00498. The maximum atomic E-state index is 13.3. The fourth-order valence-electron chi connectivity index (χ4n) is 5.78. The van der Waals surface area contributed by atoms with Crippen LogP contribution < -0.4 is 10.6 Å². The molecule has 2 atom stereocenters. The summed E-state index contributed by atoms with van der Waals surface area (Å²) in [4.78, 5) is 28.1. The number of para-hydroxylation sites is 1. The number of hydrogen-bond acceptors (Lipinski definition) is 4. The van der Waals surface area contributed by atoms with E-state index in [1.807, 2.05) is 140 Å². The number of carbonyl (C=O) groups excluding carboxylic acids is 2. The van der Waals surface area contributed by atoms with E-state index in [1.54, 1.807) is 17.0 Å². The van der Waals surface area contributed by atoms with Crippen LogP contribution in [-0.4, -0.2) is 42.3 Å². The van der Waals surface area contributed by atoms with E-state index in [9.17, 15) is 9.59 Å². The van der Waals surface area contributed by atoms with Crippen LogP contribution in [0.15, 0.2) is 152 Å². The summed E-state index contributed by atoms with van der Waals surface area (Å²) in [5.41, 5.74) is 3.38. The Labute approximate surface area is 263 Å². The number of nitrogens with one attached hydrogen (secondary N) is 2. The second-order valence-corrected chi connectivity index (χ2v) is 10.9. The number of anilines is 1. The molecule has 1 saturated heterocycles. The third-order valence-electron chi connectivity index (χ3n) is 7.96. The molecule has 0 spiro atoms. The lowest BCUT2D eigenvalue weighted by Gasteiger charge is -2.37. The smallest absolute Gasteiger partial charge is 0.412 e. The average molecular weight is 598 g/mol. The summed E-state index contributed by atoms with van der Waals surface area (Å²) in [5.74, 6) is 0. The predicted molar refractivity (Wildman–Crippen MR) is 175 cm³/mol. The van der Waals surface area contributed by atoms with Gasteiger partial charge in [0, 0.05) is 18.8 Å². The Morgan fingerprint density at radius 1 is 0.733 bits per heavy atom. The lowest BCUT2D eigenvalue weighted by atomic mass is 9.80. The van der Waals surface area contributed by atoms with Crippen molar-refractivity contribution in [2.24, 2.45) is 0 Å². The third kappa shape index (κ3) is 6.89. The fourth-order valence-corrected chi connectivity index (χ4v) is 5.78. The summed E-state index contributed by atoms with van der Waals surface area (Å²) in [5, 5.41) is 5.86. The van der Waals surface area contributed by atoms with Gasteiger partial charge in [0.1, 0.15) is 11.7 Å². The van der Waals surface area contributed by atoms with Crippen LogP contribution in [0.5, 0.6) is 0 Å². The summed E-state index contributed by atoms with van der Waals surface area (Å²) in [6.45, 7) is 0.787. The Morgan fingerprint density at radius 3 is 1.71 bits per heavy atom. The van der Waals surface area contributed by atoms with Crippen LogP contribution in [0, 0.1) is 0 Å². The normalized spacial score (nSPS) is 15.2. The van der Waals surface area contributed by atoms with Crippen LogP contribution in [0.1, 0.15) is 22.3 Å². The molecule has 2 N–H and O–H groups in total. The number of carbonyl (C=O) groups is 2. The first-order valence-corrected chi connectivity index (χ1v) is 15.0. The van der Waals surface area contributed by atoms with E-state index in [0.29, 0.717) is 18.8 Å². The maximum absolute atomic E-state index is 13.3. The molecule has 6 rings (SSSR count). The van der Waals surface area contributed by atoms with Gasteiger partial charge in [-0.05, 0) is 34.4 Å². The molecule has 0 saturated carbocycles. The molecule has 0 aliphatic carbocycles. The van der Waals surface area contributed by atoms with Gasteiger partial charge in [-0.25, -0.2) is 9.59 Å². The number of hydrogen-bond donors (Lipinski definition) is 2. The van der Waals surface area contributed by atoms with Crippen LogP contribution >= 0.6 is 0 Å². The van der Waals surface area contributed by atoms with E-state index in [0.717, 1.165) is 22.3 Å². The molecule has 5 aromatic rings. The number of ether oxygens (including phenoxy) is 2. The minimum atomic E-state index is -1.02. The fraction of sp³-hybridized carbons (Fsp3) is 0.158. The molecule has 5 aromatic carbocycles. The second kappa shape index (κ2) is 13.9. The van der Waals surface area contributed by atoms with Gasteiger partial charge in [0.05, 0.1) is 12.6 Å².